The summed E-state index contributed by atoms with van der Waals surface area (Å²) in [6.45, 7) is 6.66. The molecule has 2 aromatic rings. The van der Waals surface area contributed by atoms with Crippen LogP contribution in [0.25, 0.3) is 0 Å². The Morgan fingerprint density at radius 3 is 2.64 bits per heavy atom. The lowest BCUT2D eigenvalue weighted by atomic mass is 10.1. The fourth-order valence-corrected chi connectivity index (χ4v) is 3.30. The molecule has 0 aliphatic carbocycles. The van der Waals surface area contributed by atoms with Crippen molar-refractivity contribution in [3.63, 3.8) is 0 Å². The molecule has 25 heavy (non-hydrogen) atoms. The monoisotopic (exact) mass is 362 g/mol. The van der Waals surface area contributed by atoms with Crippen molar-refractivity contribution in [2.24, 2.45) is 0 Å². The first kappa shape index (κ1) is 19.1. The molecule has 2 N–H and O–H groups in total. The van der Waals surface area contributed by atoms with Crippen molar-refractivity contribution in [1.29, 1.82) is 0 Å². The number of aromatic nitrogens is 2. The number of likely N-dealkylation sites (N-methyl/N-ethyl adjacent to an activating group) is 1. The minimum absolute atomic E-state index is 0.162. The van der Waals surface area contributed by atoms with Crippen LogP contribution in [0.5, 0.6) is 0 Å². The van der Waals surface area contributed by atoms with Gasteiger partial charge in [0.2, 0.25) is 0 Å². The summed E-state index contributed by atoms with van der Waals surface area (Å²) in [5.41, 5.74) is 1.23. The van der Waals surface area contributed by atoms with Gasteiger partial charge in [0.1, 0.15) is 18.0 Å². The number of nitrogens with zero attached hydrogens (tertiary/aromatic N) is 4. The molecule has 0 radical (unpaired) electrons. The van der Waals surface area contributed by atoms with Crippen LogP contribution in [0, 0.1) is 0 Å². The summed E-state index contributed by atoms with van der Waals surface area (Å²) < 4.78 is 0. The van der Waals surface area contributed by atoms with Gasteiger partial charge >= 0.3 is 6.03 Å². The van der Waals surface area contributed by atoms with Crippen LogP contribution in [0.2, 0.25) is 0 Å². The molecule has 0 aromatic carbocycles. The topological polar surface area (TPSA) is 73.4 Å². The number of nitrogens with one attached hydrogen (secondary N) is 2. The third-order valence-corrected chi connectivity index (χ3v) is 4.69. The highest BCUT2D eigenvalue weighted by Crippen LogP contribution is 2.22. The SMILES string of the molecule is CCN(CC)[C@@H](CNC(=O)Nc1cc(N(C)C)ncn1)c1ccsc1. The van der Waals surface area contributed by atoms with Crippen LogP contribution in [0.1, 0.15) is 25.5 Å². The maximum absolute atomic E-state index is 12.3. The molecule has 8 heteroatoms. The van der Waals surface area contributed by atoms with Crippen molar-refractivity contribution >= 4 is 29.0 Å². The first-order chi connectivity index (χ1) is 12.0. The van der Waals surface area contributed by atoms with E-state index in [1.54, 1.807) is 17.4 Å². The van der Waals surface area contributed by atoms with Crippen LogP contribution in [-0.2, 0) is 0 Å². The van der Waals surface area contributed by atoms with Gasteiger partial charge < -0.3 is 10.2 Å². The van der Waals surface area contributed by atoms with Crippen LogP contribution >= 0.6 is 11.3 Å². The van der Waals surface area contributed by atoms with E-state index < -0.39 is 0 Å². The summed E-state index contributed by atoms with van der Waals surface area (Å²) in [5.74, 6) is 1.22. The molecule has 1 atom stereocenters. The quantitative estimate of drug-likeness (QED) is 0.755. The maximum atomic E-state index is 12.3. The normalized spacial score (nSPS) is 12.0. The van der Waals surface area contributed by atoms with Gasteiger partial charge in [-0.05, 0) is 35.5 Å². The van der Waals surface area contributed by atoms with E-state index >= 15 is 0 Å². The zero-order valence-electron chi connectivity index (χ0n) is 15.2. The largest absolute Gasteiger partial charge is 0.363 e. The number of carbonyl (C=O) groups is 1. The fraction of sp³-hybridized carbons (Fsp3) is 0.471. The summed E-state index contributed by atoms with van der Waals surface area (Å²) in [6, 6.07) is 3.74. The number of thiophene rings is 1. The maximum Gasteiger partial charge on any atom is 0.320 e. The van der Waals surface area contributed by atoms with Crippen molar-refractivity contribution in [3.05, 3.63) is 34.8 Å². The number of carbonyl (C=O) groups excluding carboxylic acids is 1. The highest BCUT2D eigenvalue weighted by atomic mass is 32.1. The van der Waals surface area contributed by atoms with E-state index in [1.165, 1.54) is 11.9 Å². The molecule has 0 saturated carbocycles. The molecule has 0 fully saturated rings. The smallest absolute Gasteiger partial charge is 0.320 e. The summed E-state index contributed by atoms with van der Waals surface area (Å²) in [5, 5.41) is 9.93. The van der Waals surface area contributed by atoms with Gasteiger partial charge in [0.05, 0.1) is 6.04 Å². The van der Waals surface area contributed by atoms with Crippen LogP contribution in [0.15, 0.2) is 29.2 Å². The molecule has 0 aliphatic heterocycles. The molecule has 0 aliphatic rings. The molecule has 0 spiro atoms. The first-order valence-electron chi connectivity index (χ1n) is 8.35. The van der Waals surface area contributed by atoms with Gasteiger partial charge in [-0.25, -0.2) is 14.8 Å². The molecule has 2 heterocycles. The molecule has 0 bridgehead atoms. The van der Waals surface area contributed by atoms with Gasteiger partial charge in [-0.15, -0.1) is 0 Å². The van der Waals surface area contributed by atoms with Crippen LogP contribution < -0.4 is 15.5 Å². The molecule has 2 rings (SSSR count). The van der Waals surface area contributed by atoms with Crippen molar-refractivity contribution in [1.82, 2.24) is 20.2 Å². The second-order valence-electron chi connectivity index (χ2n) is 5.78. The number of hydrogen-bond donors (Lipinski definition) is 2. The number of amides is 2. The minimum atomic E-state index is -0.268. The highest BCUT2D eigenvalue weighted by molar-refractivity contribution is 7.07. The second-order valence-corrected chi connectivity index (χ2v) is 6.56. The minimum Gasteiger partial charge on any atom is -0.363 e. The Morgan fingerprint density at radius 2 is 2.04 bits per heavy atom. The van der Waals surface area contributed by atoms with E-state index in [4.69, 9.17) is 0 Å². The van der Waals surface area contributed by atoms with Crippen molar-refractivity contribution in [3.8, 4) is 0 Å². The van der Waals surface area contributed by atoms with Crippen molar-refractivity contribution in [2.45, 2.75) is 19.9 Å². The van der Waals surface area contributed by atoms with Crippen LogP contribution in [-0.4, -0.2) is 54.6 Å². The van der Waals surface area contributed by atoms with E-state index in [0.717, 1.165) is 18.9 Å². The van der Waals surface area contributed by atoms with Gasteiger partial charge in [-0.2, -0.15) is 11.3 Å². The molecule has 2 aromatic heterocycles. The lowest BCUT2D eigenvalue weighted by Gasteiger charge is -2.29. The number of rotatable bonds is 8. The molecule has 136 valence electrons. The van der Waals surface area contributed by atoms with Gasteiger partial charge in [-0.3, -0.25) is 10.2 Å². The zero-order chi connectivity index (χ0) is 18.2. The van der Waals surface area contributed by atoms with Gasteiger partial charge in [0.15, 0.2) is 0 Å². The van der Waals surface area contributed by atoms with E-state index in [1.807, 2.05) is 19.0 Å². The average molecular weight is 363 g/mol. The molecule has 7 nitrogen and oxygen atoms in total. The summed E-state index contributed by atoms with van der Waals surface area (Å²) in [7, 11) is 3.78. The van der Waals surface area contributed by atoms with E-state index in [0.29, 0.717) is 12.4 Å². The van der Waals surface area contributed by atoms with Crippen molar-refractivity contribution < 1.29 is 4.79 Å². The van der Waals surface area contributed by atoms with E-state index in [2.05, 4.69) is 56.2 Å². The second kappa shape index (κ2) is 9.33. The first-order valence-corrected chi connectivity index (χ1v) is 9.29. The van der Waals surface area contributed by atoms with Crippen LogP contribution in [0.3, 0.4) is 0 Å². The number of hydrogen-bond acceptors (Lipinski definition) is 6. The predicted molar refractivity (Wildman–Crippen MR) is 103 cm³/mol. The Labute approximate surface area is 153 Å². The Morgan fingerprint density at radius 1 is 1.28 bits per heavy atom. The van der Waals surface area contributed by atoms with Gasteiger partial charge in [0.25, 0.3) is 0 Å². The summed E-state index contributed by atoms with van der Waals surface area (Å²) in [4.78, 5) is 24.7. The molecular formula is C17H26N6OS. The number of urea groups is 1. The fourth-order valence-electron chi connectivity index (χ4n) is 2.60. The number of anilines is 2. The Hall–Kier alpha value is -2.19. The molecule has 2 amide bonds. The molecule has 0 unspecified atom stereocenters. The van der Waals surface area contributed by atoms with E-state index in [9.17, 15) is 4.79 Å². The third-order valence-electron chi connectivity index (χ3n) is 3.99. The molecule has 0 saturated heterocycles. The van der Waals surface area contributed by atoms with Gasteiger partial charge in [-0.1, -0.05) is 13.8 Å². The Bertz CT molecular complexity index is 657. The highest BCUT2D eigenvalue weighted by Gasteiger charge is 2.19. The Kier molecular flexibility index (Phi) is 7.15. The van der Waals surface area contributed by atoms with E-state index in [-0.39, 0.29) is 12.1 Å². The summed E-state index contributed by atoms with van der Waals surface area (Å²) in [6.07, 6.45) is 1.44. The van der Waals surface area contributed by atoms with Crippen molar-refractivity contribution in [2.75, 3.05) is 43.9 Å². The lowest BCUT2D eigenvalue weighted by molar-refractivity contribution is 0.210. The molecular weight excluding hydrogens is 336 g/mol. The Balaban J connectivity index is 1.98. The lowest BCUT2D eigenvalue weighted by Crippen LogP contribution is -2.39. The van der Waals surface area contributed by atoms with Gasteiger partial charge in [0, 0.05) is 26.7 Å². The zero-order valence-corrected chi connectivity index (χ0v) is 16.0. The predicted octanol–water partition coefficient (Wildman–Crippen LogP) is 2.81. The standard InChI is InChI=1S/C17H26N6OS/c1-5-23(6-2)14(13-7-8-25-11-13)10-18-17(24)21-15-9-16(22(3)4)20-12-19-15/h7-9,11-12,14H,5-6,10H2,1-4H3,(H2,18,19,20,21,24)/t14-/m0/s1. The third kappa shape index (κ3) is 5.40. The van der Waals surface area contributed by atoms with Crippen LogP contribution in [0.4, 0.5) is 16.4 Å². The average Bonchev–Trinajstić information content (AvgIpc) is 3.13. The summed E-state index contributed by atoms with van der Waals surface area (Å²) >= 11 is 1.67.